The second kappa shape index (κ2) is 58.9. The molecule has 1 amide bonds. The summed E-state index contributed by atoms with van der Waals surface area (Å²) in [6.45, 7) is 5.63. The predicted molar refractivity (Wildman–Crippen MR) is 347 cm³/mol. The van der Waals surface area contributed by atoms with Crippen LogP contribution in [0.3, 0.4) is 0 Å². The fraction of sp³-hybridized carbons (Fsp3) is 0.750. The number of aliphatic hydroxyl groups is 5. The van der Waals surface area contributed by atoms with Crippen LogP contribution < -0.4 is 5.32 Å². The molecule has 11 heteroatoms. The van der Waals surface area contributed by atoms with Gasteiger partial charge in [0.2, 0.25) is 5.91 Å². The van der Waals surface area contributed by atoms with Crippen molar-refractivity contribution in [2.45, 2.75) is 333 Å². The van der Waals surface area contributed by atoms with Gasteiger partial charge >= 0.3 is 5.97 Å². The van der Waals surface area contributed by atoms with Crippen molar-refractivity contribution >= 4 is 11.9 Å². The number of ether oxygens (including phenoxy) is 3. The summed E-state index contributed by atoms with van der Waals surface area (Å²) in [5.41, 5.74) is 0. The maximum Gasteiger partial charge on any atom is 0.306 e. The number of aliphatic hydroxyl groups excluding tert-OH is 5. The standard InChI is InChI=1S/C72H125NO10/c1-4-7-10-13-16-19-22-25-27-29-30-31-32-33-34-35-36-37-39-42-45-48-51-54-57-60-67(77)83-70-69(79)68(78)66(61-74)82-72(70)81-62-63(64(75)58-55-52-49-46-43-40-24-21-18-15-12-9-6-3)73-71(80)65(76)59-56-53-50-47-44-41-38-28-26-23-20-17-14-11-8-5-2/h8,11,16-17,19-20,25-28,41,44,50,53,55,58,63-66,68-70,72,74-76,78-79H,4-7,9-10,12-15,18,21-24,29-40,42-43,45-49,51-52,54,56-57,59-62H2,1-3H3,(H,73,80)/b11-8-,19-16-,20-17-,27-25-,28-26-,44-41-,53-50-,58-55+. The van der Waals surface area contributed by atoms with E-state index in [1.54, 1.807) is 6.08 Å². The predicted octanol–water partition coefficient (Wildman–Crippen LogP) is 17.1. The van der Waals surface area contributed by atoms with Crippen LogP contribution in [-0.2, 0) is 23.8 Å². The molecule has 0 radical (unpaired) electrons. The zero-order chi connectivity index (χ0) is 60.3. The number of carbonyl (C=O) groups is 2. The van der Waals surface area contributed by atoms with E-state index >= 15 is 0 Å². The summed E-state index contributed by atoms with van der Waals surface area (Å²) < 4.78 is 17.6. The smallest absolute Gasteiger partial charge is 0.306 e. The quantitative estimate of drug-likeness (QED) is 0.0195. The van der Waals surface area contributed by atoms with Crippen LogP contribution in [0, 0.1) is 0 Å². The van der Waals surface area contributed by atoms with E-state index in [4.69, 9.17) is 14.2 Å². The highest BCUT2D eigenvalue weighted by Crippen LogP contribution is 2.26. The van der Waals surface area contributed by atoms with Crippen LogP contribution in [-0.4, -0.2) is 99.6 Å². The number of hydrogen-bond acceptors (Lipinski definition) is 10. The van der Waals surface area contributed by atoms with Crippen LogP contribution >= 0.6 is 0 Å². The Bertz CT molecular complexity index is 1720. The van der Waals surface area contributed by atoms with Gasteiger partial charge in [0.1, 0.15) is 24.4 Å². The molecular formula is C72H125NO10. The molecule has 1 aliphatic rings. The second-order valence-electron chi connectivity index (χ2n) is 23.2. The molecule has 0 aromatic heterocycles. The molecule has 83 heavy (non-hydrogen) atoms. The van der Waals surface area contributed by atoms with Gasteiger partial charge in [-0.2, -0.15) is 0 Å². The number of nitrogens with one attached hydrogen (secondary N) is 1. The summed E-state index contributed by atoms with van der Waals surface area (Å²) in [4.78, 5) is 26.6. The monoisotopic (exact) mass is 1160 g/mol. The highest BCUT2D eigenvalue weighted by atomic mass is 16.7. The van der Waals surface area contributed by atoms with Crippen LogP contribution in [0.5, 0.6) is 0 Å². The van der Waals surface area contributed by atoms with Gasteiger partial charge in [-0.15, -0.1) is 0 Å². The molecule has 1 saturated heterocycles. The first-order valence-electron chi connectivity index (χ1n) is 34.0. The van der Waals surface area contributed by atoms with Gasteiger partial charge < -0.3 is 45.1 Å². The number of rotatable bonds is 57. The molecule has 1 fully saturated rings. The molecular weight excluding hydrogens is 1040 g/mol. The summed E-state index contributed by atoms with van der Waals surface area (Å²) in [5, 5.41) is 57.1. The van der Waals surface area contributed by atoms with Crippen LogP contribution in [0.4, 0.5) is 0 Å². The Morgan fingerprint density at radius 3 is 1.33 bits per heavy atom. The van der Waals surface area contributed by atoms with E-state index < -0.39 is 67.4 Å². The van der Waals surface area contributed by atoms with E-state index in [2.05, 4.69) is 99.0 Å². The third kappa shape index (κ3) is 46.5. The summed E-state index contributed by atoms with van der Waals surface area (Å²) in [5.74, 6) is -1.26. The van der Waals surface area contributed by atoms with Crippen LogP contribution in [0.25, 0.3) is 0 Å². The van der Waals surface area contributed by atoms with E-state index in [1.165, 1.54) is 154 Å². The maximum absolute atomic E-state index is 13.4. The summed E-state index contributed by atoms with van der Waals surface area (Å²) in [7, 11) is 0. The molecule has 11 nitrogen and oxygen atoms in total. The van der Waals surface area contributed by atoms with E-state index in [1.807, 2.05) is 18.2 Å². The van der Waals surface area contributed by atoms with Gasteiger partial charge in [-0.25, -0.2) is 0 Å². The van der Waals surface area contributed by atoms with Gasteiger partial charge in [0.05, 0.1) is 25.4 Å². The Hall–Kier alpha value is -3.42. The van der Waals surface area contributed by atoms with Gasteiger partial charge in [-0.3, -0.25) is 9.59 Å². The molecule has 8 unspecified atom stereocenters. The first kappa shape index (κ1) is 77.6. The molecule has 1 rings (SSSR count). The van der Waals surface area contributed by atoms with Crippen LogP contribution in [0.15, 0.2) is 97.2 Å². The minimum atomic E-state index is -1.63. The second-order valence-corrected chi connectivity index (χ2v) is 23.2. The zero-order valence-electron chi connectivity index (χ0n) is 53.0. The SMILES string of the molecule is CC/C=C\C/C=C\C/C=C\C/C=C\C/C=C\CCC(O)C(=O)NC(COC1OC(CO)C(O)C(O)C1OC(=O)CCCCCCCCCCCCCCCCC/C=C\C/C=C\CCCCC)C(O)/C=C/CCCCCCCCCCCCC. The Morgan fingerprint density at radius 2 is 0.867 bits per heavy atom. The maximum atomic E-state index is 13.4. The lowest BCUT2D eigenvalue weighted by molar-refractivity contribution is -0.305. The van der Waals surface area contributed by atoms with Gasteiger partial charge in [0.15, 0.2) is 12.4 Å². The summed E-state index contributed by atoms with van der Waals surface area (Å²) in [6.07, 6.45) is 68.9. The third-order valence-electron chi connectivity index (χ3n) is 15.5. The Morgan fingerprint density at radius 1 is 0.482 bits per heavy atom. The molecule has 6 N–H and O–H groups in total. The number of amides is 1. The molecule has 0 aliphatic carbocycles. The molecule has 0 aromatic carbocycles. The zero-order valence-corrected chi connectivity index (χ0v) is 53.0. The normalized spacial score (nSPS) is 19.2. The first-order valence-corrected chi connectivity index (χ1v) is 34.0. The average molecular weight is 1160 g/mol. The number of allylic oxidation sites excluding steroid dienone is 15. The van der Waals surface area contributed by atoms with E-state index in [9.17, 15) is 35.1 Å². The number of hydrogen-bond donors (Lipinski definition) is 6. The van der Waals surface area contributed by atoms with Gasteiger partial charge in [-0.05, 0) is 96.3 Å². The number of carbonyl (C=O) groups excluding carboxylic acids is 2. The Labute approximate surface area is 507 Å². The number of unbranched alkanes of at least 4 members (excludes halogenated alkanes) is 29. The molecule has 0 spiro atoms. The van der Waals surface area contributed by atoms with Crippen molar-refractivity contribution in [3.8, 4) is 0 Å². The topological polar surface area (TPSA) is 175 Å². The lowest BCUT2D eigenvalue weighted by atomic mass is 9.99. The van der Waals surface area contributed by atoms with Gasteiger partial charge in [0.25, 0.3) is 0 Å². The Balaban J connectivity index is 2.62. The van der Waals surface area contributed by atoms with E-state index in [0.717, 1.165) is 83.5 Å². The lowest BCUT2D eigenvalue weighted by Crippen LogP contribution is -2.61. The van der Waals surface area contributed by atoms with Crippen molar-refractivity contribution in [3.63, 3.8) is 0 Å². The molecule has 8 atom stereocenters. The van der Waals surface area contributed by atoms with Crippen LogP contribution in [0.2, 0.25) is 0 Å². The third-order valence-corrected chi connectivity index (χ3v) is 15.5. The van der Waals surface area contributed by atoms with Crippen molar-refractivity contribution in [1.82, 2.24) is 5.32 Å². The van der Waals surface area contributed by atoms with E-state index in [0.29, 0.717) is 12.8 Å². The highest BCUT2D eigenvalue weighted by Gasteiger charge is 2.47. The largest absolute Gasteiger partial charge is 0.454 e. The van der Waals surface area contributed by atoms with Crippen molar-refractivity contribution < 1.29 is 49.3 Å². The van der Waals surface area contributed by atoms with Crippen molar-refractivity contribution in [1.29, 1.82) is 0 Å². The minimum absolute atomic E-state index is 0.114. The molecule has 0 aromatic rings. The van der Waals surface area contributed by atoms with Crippen molar-refractivity contribution in [2.75, 3.05) is 13.2 Å². The summed E-state index contributed by atoms with van der Waals surface area (Å²) in [6, 6.07) is -1.06. The fourth-order valence-electron chi connectivity index (χ4n) is 10.1. The van der Waals surface area contributed by atoms with Gasteiger partial charge in [0, 0.05) is 6.42 Å². The van der Waals surface area contributed by atoms with Crippen molar-refractivity contribution in [2.24, 2.45) is 0 Å². The molecule has 478 valence electrons. The molecule has 1 aliphatic heterocycles. The molecule has 0 bridgehead atoms. The van der Waals surface area contributed by atoms with Crippen molar-refractivity contribution in [3.05, 3.63) is 97.2 Å². The highest BCUT2D eigenvalue weighted by molar-refractivity contribution is 5.80. The fourth-order valence-corrected chi connectivity index (χ4v) is 10.1. The molecule has 0 saturated carbocycles. The van der Waals surface area contributed by atoms with Crippen LogP contribution in [0.1, 0.15) is 284 Å². The van der Waals surface area contributed by atoms with E-state index in [-0.39, 0.29) is 19.4 Å². The first-order chi connectivity index (χ1) is 40.7. The lowest BCUT2D eigenvalue weighted by Gasteiger charge is -2.41. The summed E-state index contributed by atoms with van der Waals surface area (Å²) >= 11 is 0. The molecule has 1 heterocycles. The average Bonchev–Trinajstić information content (AvgIpc) is 3.67. The number of esters is 1. The minimum Gasteiger partial charge on any atom is -0.454 e. The Kier molecular flexibility index (Phi) is 55.1. The van der Waals surface area contributed by atoms with Gasteiger partial charge in [-0.1, -0.05) is 279 Å².